The Kier molecular flexibility index (Phi) is 5.77. The van der Waals surface area contributed by atoms with Gasteiger partial charge in [-0.15, -0.1) is 0 Å². The summed E-state index contributed by atoms with van der Waals surface area (Å²) in [4.78, 5) is 0. The van der Waals surface area contributed by atoms with Crippen LogP contribution in [0.2, 0.25) is 10.0 Å². The third-order valence-electron chi connectivity index (χ3n) is 4.51. The monoisotopic (exact) mass is 313 g/mol. The van der Waals surface area contributed by atoms with E-state index in [2.05, 4.69) is 25.2 Å². The molecule has 2 aliphatic rings. The molecule has 1 N–H and O–H groups in total. The number of hydrogen-bond donors (Lipinski definition) is 1. The molecule has 112 valence electrons. The molecule has 0 bridgehead atoms. The maximum atomic E-state index is 6.02. The smallest absolute Gasteiger partial charge is 0.0595 e. The van der Waals surface area contributed by atoms with Gasteiger partial charge >= 0.3 is 0 Å². The first-order valence-corrected chi connectivity index (χ1v) is 8.56. The minimum atomic E-state index is 0.383. The highest BCUT2D eigenvalue weighted by atomic mass is 35.5. The average molecular weight is 314 g/mol. The van der Waals surface area contributed by atoms with Gasteiger partial charge in [0.1, 0.15) is 0 Å². The van der Waals surface area contributed by atoms with Gasteiger partial charge in [-0.1, -0.05) is 68.8 Å². The minimum absolute atomic E-state index is 0.383. The molecule has 1 nitrogen and oxygen atoms in total. The number of unbranched alkanes of at least 4 members (excludes halogenated alkanes) is 3. The maximum Gasteiger partial charge on any atom is 0.0595 e. The van der Waals surface area contributed by atoms with Gasteiger partial charge in [0.15, 0.2) is 0 Å². The largest absolute Gasteiger partial charge is 0.316 e. The van der Waals surface area contributed by atoms with E-state index >= 15 is 0 Å². The molecule has 2 unspecified atom stereocenters. The van der Waals surface area contributed by atoms with E-state index in [1.165, 1.54) is 37.7 Å². The van der Waals surface area contributed by atoms with E-state index in [1.54, 1.807) is 0 Å². The highest BCUT2D eigenvalue weighted by Crippen LogP contribution is 2.56. The number of halogens is 2. The molecular weight excluding hydrogens is 289 g/mol. The lowest BCUT2D eigenvalue weighted by Gasteiger charge is -2.12. The van der Waals surface area contributed by atoms with Crippen molar-refractivity contribution in [2.75, 3.05) is 13.1 Å². The van der Waals surface area contributed by atoms with Gasteiger partial charge in [-0.05, 0) is 36.6 Å². The van der Waals surface area contributed by atoms with Crippen molar-refractivity contribution in [3.63, 3.8) is 0 Å². The summed E-state index contributed by atoms with van der Waals surface area (Å²) < 4.78 is 0. The van der Waals surface area contributed by atoms with Crippen LogP contribution in [-0.2, 0) is 5.41 Å². The second kappa shape index (κ2) is 7.15. The van der Waals surface area contributed by atoms with Gasteiger partial charge in [-0.2, -0.15) is 0 Å². The summed E-state index contributed by atoms with van der Waals surface area (Å²) in [6, 6.07) is 6.04. The van der Waals surface area contributed by atoms with Crippen LogP contribution in [0, 0.1) is 5.92 Å². The SMILES string of the molecule is CCCCCC.Clc1ccc(C23CNCC2C3)cc1Cl. The number of rotatable bonds is 4. The molecule has 1 aliphatic carbocycles. The standard InChI is InChI=1S/C11H11Cl2N.C6H14/c12-9-2-1-7(3-10(9)13)11-4-8(11)5-14-6-11;1-3-5-6-4-2/h1-3,8,14H,4-6H2;3-6H2,1-2H3. The lowest BCUT2D eigenvalue weighted by atomic mass is 9.95. The highest BCUT2D eigenvalue weighted by molar-refractivity contribution is 6.42. The number of benzene rings is 1. The molecule has 3 rings (SSSR count). The van der Waals surface area contributed by atoms with Crippen LogP contribution in [0.1, 0.15) is 51.5 Å². The first-order valence-electron chi connectivity index (χ1n) is 7.80. The van der Waals surface area contributed by atoms with Gasteiger partial charge < -0.3 is 5.32 Å². The molecule has 1 saturated heterocycles. The zero-order chi connectivity index (χ0) is 14.6. The van der Waals surface area contributed by atoms with Gasteiger partial charge in [0, 0.05) is 12.0 Å². The Morgan fingerprint density at radius 1 is 1.15 bits per heavy atom. The fraction of sp³-hybridized carbons (Fsp3) is 0.647. The van der Waals surface area contributed by atoms with Crippen molar-refractivity contribution < 1.29 is 0 Å². The van der Waals surface area contributed by atoms with Gasteiger partial charge in [0.05, 0.1) is 10.0 Å². The molecule has 20 heavy (non-hydrogen) atoms. The Bertz CT molecular complexity index is 443. The third-order valence-corrected chi connectivity index (χ3v) is 5.25. The molecule has 0 spiro atoms. The van der Waals surface area contributed by atoms with Gasteiger partial charge in [-0.3, -0.25) is 0 Å². The first-order chi connectivity index (χ1) is 9.64. The van der Waals surface area contributed by atoms with Crippen molar-refractivity contribution in [1.82, 2.24) is 5.32 Å². The summed E-state index contributed by atoms with van der Waals surface area (Å²) in [5.74, 6) is 0.819. The van der Waals surface area contributed by atoms with E-state index in [0.29, 0.717) is 15.5 Å². The number of nitrogens with one attached hydrogen (secondary N) is 1. The molecule has 0 aromatic heterocycles. The fourth-order valence-corrected chi connectivity index (χ4v) is 3.39. The Morgan fingerprint density at radius 3 is 2.30 bits per heavy atom. The second-order valence-electron chi connectivity index (χ2n) is 6.02. The molecule has 1 aromatic rings. The number of fused-ring (bicyclic) bond motifs is 1. The number of hydrogen-bond acceptors (Lipinski definition) is 1. The predicted octanol–water partition coefficient (Wildman–Crippen LogP) is 5.44. The van der Waals surface area contributed by atoms with Crippen LogP contribution >= 0.6 is 23.2 Å². The van der Waals surface area contributed by atoms with Crippen LogP contribution in [0.4, 0.5) is 0 Å². The van der Waals surface area contributed by atoms with E-state index in [4.69, 9.17) is 23.2 Å². The summed E-state index contributed by atoms with van der Waals surface area (Å²) >= 11 is 11.9. The molecule has 1 aliphatic heterocycles. The summed E-state index contributed by atoms with van der Waals surface area (Å²) in [7, 11) is 0. The molecule has 0 radical (unpaired) electrons. The van der Waals surface area contributed by atoms with Crippen LogP contribution < -0.4 is 5.32 Å². The molecule has 1 aromatic carbocycles. The van der Waals surface area contributed by atoms with Crippen LogP contribution in [0.15, 0.2) is 18.2 Å². The molecule has 1 saturated carbocycles. The Balaban J connectivity index is 0.000000212. The lowest BCUT2D eigenvalue weighted by Crippen LogP contribution is -2.19. The summed E-state index contributed by atoms with van der Waals surface area (Å²) in [6.07, 6.45) is 6.84. The Morgan fingerprint density at radius 2 is 1.85 bits per heavy atom. The lowest BCUT2D eigenvalue weighted by molar-refractivity contribution is 0.676. The van der Waals surface area contributed by atoms with Crippen LogP contribution in [-0.4, -0.2) is 13.1 Å². The maximum absolute atomic E-state index is 6.02. The van der Waals surface area contributed by atoms with Crippen LogP contribution in [0.3, 0.4) is 0 Å². The van der Waals surface area contributed by atoms with Crippen molar-refractivity contribution in [3.05, 3.63) is 33.8 Å². The van der Waals surface area contributed by atoms with Gasteiger partial charge in [-0.25, -0.2) is 0 Å². The van der Waals surface area contributed by atoms with Gasteiger partial charge in [0.2, 0.25) is 0 Å². The molecule has 2 fully saturated rings. The van der Waals surface area contributed by atoms with Crippen molar-refractivity contribution in [2.24, 2.45) is 5.92 Å². The minimum Gasteiger partial charge on any atom is -0.316 e. The molecule has 3 heteroatoms. The quantitative estimate of drug-likeness (QED) is 0.730. The number of piperidine rings is 1. The summed E-state index contributed by atoms with van der Waals surface area (Å²) in [5, 5.41) is 4.74. The second-order valence-corrected chi connectivity index (χ2v) is 6.84. The van der Waals surface area contributed by atoms with E-state index in [0.717, 1.165) is 19.0 Å². The van der Waals surface area contributed by atoms with E-state index in [1.807, 2.05) is 12.1 Å². The van der Waals surface area contributed by atoms with Crippen molar-refractivity contribution in [1.29, 1.82) is 0 Å². The summed E-state index contributed by atoms with van der Waals surface area (Å²) in [5.41, 5.74) is 1.73. The van der Waals surface area contributed by atoms with Gasteiger partial charge in [0.25, 0.3) is 0 Å². The van der Waals surface area contributed by atoms with Crippen LogP contribution in [0.5, 0.6) is 0 Å². The van der Waals surface area contributed by atoms with Crippen LogP contribution in [0.25, 0.3) is 0 Å². The topological polar surface area (TPSA) is 12.0 Å². The van der Waals surface area contributed by atoms with E-state index in [-0.39, 0.29) is 0 Å². The third kappa shape index (κ3) is 3.50. The van der Waals surface area contributed by atoms with Crippen molar-refractivity contribution in [2.45, 2.75) is 51.4 Å². The van der Waals surface area contributed by atoms with Crippen molar-refractivity contribution >= 4 is 23.2 Å². The average Bonchev–Trinajstić information content (AvgIpc) is 3.02. The highest BCUT2D eigenvalue weighted by Gasteiger charge is 2.57. The van der Waals surface area contributed by atoms with Crippen molar-refractivity contribution in [3.8, 4) is 0 Å². The molecular formula is C17H25Cl2N. The molecule has 1 heterocycles. The predicted molar refractivity (Wildman–Crippen MR) is 88.9 cm³/mol. The molecule has 0 amide bonds. The Hall–Kier alpha value is -0.240. The van der Waals surface area contributed by atoms with E-state index < -0.39 is 0 Å². The Labute approximate surface area is 133 Å². The summed E-state index contributed by atoms with van der Waals surface area (Å²) in [6.45, 7) is 6.71. The zero-order valence-electron chi connectivity index (χ0n) is 12.5. The normalized spacial score (nSPS) is 26.7. The molecule has 2 atom stereocenters. The van der Waals surface area contributed by atoms with E-state index in [9.17, 15) is 0 Å². The fourth-order valence-electron chi connectivity index (χ4n) is 3.10. The first kappa shape index (κ1) is 16.1. The zero-order valence-corrected chi connectivity index (χ0v) is 14.0.